The van der Waals surface area contributed by atoms with Gasteiger partial charge < -0.3 is 19.7 Å². The number of rotatable bonds is 6. The predicted molar refractivity (Wildman–Crippen MR) is 176 cm³/mol. The number of nitrogens with one attached hydrogen (secondary N) is 2. The molecular formula is C35H39N5O5S. The van der Waals surface area contributed by atoms with Crippen molar-refractivity contribution in [2.75, 3.05) is 44.1 Å². The fraction of sp³-hybridized carbons (Fsp3) is 0.343. The topological polar surface area (TPSA) is 123 Å². The van der Waals surface area contributed by atoms with Gasteiger partial charge in [0.05, 0.1) is 30.4 Å². The van der Waals surface area contributed by atoms with Crippen LogP contribution in [0.15, 0.2) is 83.8 Å². The molecule has 10 nitrogen and oxygen atoms in total. The number of nitrogens with zero attached hydrogens (tertiary/aromatic N) is 3. The van der Waals surface area contributed by atoms with E-state index in [1.807, 2.05) is 50.2 Å². The molecule has 11 heteroatoms. The Balaban J connectivity index is 1.25. The molecule has 1 spiro atoms. The molecule has 2 aliphatic rings. The Morgan fingerprint density at radius 1 is 0.935 bits per heavy atom. The van der Waals surface area contributed by atoms with E-state index in [1.165, 1.54) is 12.1 Å². The number of fused-ring (bicyclic) bond motifs is 4. The van der Waals surface area contributed by atoms with E-state index < -0.39 is 10.0 Å². The first-order valence-corrected chi connectivity index (χ1v) is 17.0. The molecule has 0 unspecified atom stereocenters. The average Bonchev–Trinajstić information content (AvgIpc) is 3.05. The van der Waals surface area contributed by atoms with Crippen LogP contribution in [-0.2, 0) is 21.4 Å². The van der Waals surface area contributed by atoms with Gasteiger partial charge in [0.25, 0.3) is 15.9 Å². The number of aromatic nitrogens is 2. The van der Waals surface area contributed by atoms with Crippen molar-refractivity contribution in [2.45, 2.75) is 38.2 Å². The summed E-state index contributed by atoms with van der Waals surface area (Å²) in [4.78, 5) is 24.7. The van der Waals surface area contributed by atoms with Crippen LogP contribution < -0.4 is 14.8 Å². The molecule has 3 aromatic carbocycles. The molecule has 0 radical (unpaired) electrons. The molecular weight excluding hydrogens is 602 g/mol. The van der Waals surface area contributed by atoms with Gasteiger partial charge in [-0.15, -0.1) is 0 Å². The van der Waals surface area contributed by atoms with Crippen LogP contribution in [0.5, 0.6) is 5.88 Å². The van der Waals surface area contributed by atoms with Gasteiger partial charge in [-0.1, -0.05) is 54.6 Å². The summed E-state index contributed by atoms with van der Waals surface area (Å²) in [6.45, 7) is 8.33. The van der Waals surface area contributed by atoms with Gasteiger partial charge in [-0.05, 0) is 74.7 Å². The summed E-state index contributed by atoms with van der Waals surface area (Å²) in [5.74, 6) is -0.169. The van der Waals surface area contributed by atoms with Crippen LogP contribution in [0, 0.1) is 19.3 Å². The first-order chi connectivity index (χ1) is 22.2. The molecule has 0 aliphatic carbocycles. The first-order valence-electron chi connectivity index (χ1n) is 15.5. The maximum Gasteiger partial charge on any atom is 0.264 e. The summed E-state index contributed by atoms with van der Waals surface area (Å²) in [6, 6.07) is 23.8. The number of sulfonamides is 1. The largest absolute Gasteiger partial charge is 0.477 e. The number of aryl methyl sites for hydroxylation is 2. The van der Waals surface area contributed by atoms with Crippen LogP contribution in [0.2, 0.25) is 0 Å². The van der Waals surface area contributed by atoms with Crippen molar-refractivity contribution in [1.29, 1.82) is 0 Å². The third kappa shape index (κ3) is 7.38. The van der Waals surface area contributed by atoms with Gasteiger partial charge in [-0.25, -0.2) is 18.1 Å². The second-order valence-electron chi connectivity index (χ2n) is 12.2. The number of ether oxygens (including phenoxy) is 2. The molecule has 0 atom stereocenters. The Labute approximate surface area is 270 Å². The lowest BCUT2D eigenvalue weighted by molar-refractivity contribution is 0.0318. The number of anilines is 1. The van der Waals surface area contributed by atoms with Crippen molar-refractivity contribution >= 4 is 21.9 Å². The minimum Gasteiger partial charge on any atom is -0.477 e. The number of carbonyl (C=O) groups excluding carboxylic acids is 1. The Kier molecular flexibility index (Phi) is 9.34. The number of likely N-dealkylation sites (tertiary alicyclic amines) is 1. The lowest BCUT2D eigenvalue weighted by atomic mass is 9.78. The van der Waals surface area contributed by atoms with Crippen LogP contribution in [0.4, 0.5) is 5.95 Å². The normalized spacial score (nSPS) is 17.7. The van der Waals surface area contributed by atoms with Crippen molar-refractivity contribution in [3.8, 4) is 17.1 Å². The third-order valence-corrected chi connectivity index (χ3v) is 10.1. The van der Waals surface area contributed by atoms with Crippen molar-refractivity contribution < 1.29 is 22.7 Å². The summed E-state index contributed by atoms with van der Waals surface area (Å²) >= 11 is 0. The molecule has 4 aromatic rings. The summed E-state index contributed by atoms with van der Waals surface area (Å²) in [5, 5.41) is 3.07. The number of carbonyl (C=O) groups is 1. The average molecular weight is 642 g/mol. The first kappa shape index (κ1) is 31.7. The lowest BCUT2D eigenvalue weighted by Crippen LogP contribution is -2.49. The summed E-state index contributed by atoms with van der Waals surface area (Å²) < 4.78 is 41.6. The fourth-order valence-electron chi connectivity index (χ4n) is 6.05. The van der Waals surface area contributed by atoms with Crippen LogP contribution in [0.3, 0.4) is 0 Å². The van der Waals surface area contributed by atoms with Crippen LogP contribution in [0.25, 0.3) is 11.3 Å². The molecule has 240 valence electrons. The molecule has 2 aliphatic heterocycles. The Bertz CT molecular complexity index is 1790. The van der Waals surface area contributed by atoms with Gasteiger partial charge >= 0.3 is 0 Å². The van der Waals surface area contributed by atoms with Crippen molar-refractivity contribution in [3.63, 3.8) is 0 Å². The highest BCUT2D eigenvalue weighted by atomic mass is 32.2. The Morgan fingerprint density at radius 2 is 1.67 bits per heavy atom. The van der Waals surface area contributed by atoms with E-state index in [1.54, 1.807) is 18.2 Å². The van der Waals surface area contributed by atoms with Crippen LogP contribution >= 0.6 is 0 Å². The molecule has 1 saturated heterocycles. The maximum atomic E-state index is 13.4. The molecule has 3 heterocycles. The Morgan fingerprint density at radius 3 is 2.43 bits per heavy atom. The number of hydrogen-bond acceptors (Lipinski definition) is 8. The highest BCUT2D eigenvalue weighted by Gasteiger charge is 2.36. The van der Waals surface area contributed by atoms with E-state index in [4.69, 9.17) is 9.47 Å². The highest BCUT2D eigenvalue weighted by molar-refractivity contribution is 7.92. The molecule has 4 bridgehead atoms. The van der Waals surface area contributed by atoms with E-state index >= 15 is 0 Å². The zero-order valence-corrected chi connectivity index (χ0v) is 27.0. The molecule has 1 amide bonds. The number of amides is 1. The van der Waals surface area contributed by atoms with Crippen LogP contribution in [0.1, 0.15) is 39.9 Å². The van der Waals surface area contributed by atoms with E-state index in [-0.39, 0.29) is 33.6 Å². The van der Waals surface area contributed by atoms with Gasteiger partial charge in [-0.2, -0.15) is 4.98 Å². The van der Waals surface area contributed by atoms with Crippen LogP contribution in [-0.4, -0.2) is 68.6 Å². The van der Waals surface area contributed by atoms with Crippen molar-refractivity contribution in [1.82, 2.24) is 20.2 Å². The fourth-order valence-corrected chi connectivity index (χ4v) is 7.04. The van der Waals surface area contributed by atoms with Crippen molar-refractivity contribution in [3.05, 3.63) is 101 Å². The van der Waals surface area contributed by atoms with E-state index in [2.05, 4.69) is 37.0 Å². The van der Waals surface area contributed by atoms with Gasteiger partial charge in [0.15, 0.2) is 0 Å². The molecule has 2 N–H and O–H groups in total. The zero-order chi connectivity index (χ0) is 32.1. The molecule has 46 heavy (non-hydrogen) atoms. The third-order valence-electron chi connectivity index (χ3n) is 8.80. The van der Waals surface area contributed by atoms with Gasteiger partial charge in [0.2, 0.25) is 11.8 Å². The number of benzene rings is 3. The lowest BCUT2D eigenvalue weighted by Gasteiger charge is -2.41. The summed E-state index contributed by atoms with van der Waals surface area (Å²) in [7, 11) is -4.10. The number of hydrogen-bond donors (Lipinski definition) is 2. The minimum atomic E-state index is -4.10. The molecule has 1 aromatic heterocycles. The van der Waals surface area contributed by atoms with E-state index in [0.717, 1.165) is 54.7 Å². The summed E-state index contributed by atoms with van der Waals surface area (Å²) in [5.41, 5.74) is 4.51. The summed E-state index contributed by atoms with van der Waals surface area (Å²) in [6.07, 6.45) is 1.58. The molecule has 1 fully saturated rings. The highest BCUT2D eigenvalue weighted by Crippen LogP contribution is 2.34. The molecule has 6 rings (SSSR count). The number of piperidine rings is 1. The maximum absolute atomic E-state index is 13.4. The van der Waals surface area contributed by atoms with E-state index in [9.17, 15) is 13.2 Å². The minimum absolute atomic E-state index is 0.0572. The smallest absolute Gasteiger partial charge is 0.264 e. The predicted octanol–water partition coefficient (Wildman–Crippen LogP) is 4.98. The zero-order valence-electron chi connectivity index (χ0n) is 26.2. The monoisotopic (exact) mass is 641 g/mol. The van der Waals surface area contributed by atoms with Gasteiger partial charge in [0.1, 0.15) is 0 Å². The van der Waals surface area contributed by atoms with Gasteiger partial charge in [0, 0.05) is 35.7 Å². The second kappa shape index (κ2) is 13.6. The van der Waals surface area contributed by atoms with E-state index in [0.29, 0.717) is 32.1 Å². The SMILES string of the molecule is Cc1cccc(C)c1-c1cc2nc(n1)NS(=O)(=O)c1cccc(c1)C(=O)NCC1(CCN(CCOCc3ccccc3)CC1)CO2. The molecule has 0 saturated carbocycles. The van der Waals surface area contributed by atoms with Gasteiger partial charge in [-0.3, -0.25) is 4.79 Å². The quantitative estimate of drug-likeness (QED) is 0.283. The standard InChI is InChI=1S/C35H39N5O5S/c1-25-8-6-9-26(2)32(25)30-21-31-38-34(37-30)39-46(42,43)29-13-7-12-28(20-29)33(41)36-23-35(24-45-31)14-16-40(17-15-35)18-19-44-22-27-10-4-3-5-11-27/h3-13,20-21H,14-19,22-24H2,1-2H3,(H,36,41)(H,37,38,39). The van der Waals surface area contributed by atoms with Crippen molar-refractivity contribution in [2.24, 2.45) is 5.41 Å². The Hall–Kier alpha value is -4.32. The second-order valence-corrected chi connectivity index (χ2v) is 13.8.